The van der Waals surface area contributed by atoms with Crippen LogP contribution in [0.1, 0.15) is 26.7 Å². The fourth-order valence-electron chi connectivity index (χ4n) is 0.452. The second kappa shape index (κ2) is 7.79. The van der Waals surface area contributed by atoms with Gasteiger partial charge < -0.3 is 4.89 Å². The van der Waals surface area contributed by atoms with Gasteiger partial charge in [-0.3, -0.25) is 0 Å². The van der Waals surface area contributed by atoms with Crippen LogP contribution in [0.2, 0.25) is 0 Å². The third-order valence-corrected chi connectivity index (χ3v) is 1.03. The summed E-state index contributed by atoms with van der Waals surface area (Å²) in [5.41, 5.74) is 0. The summed E-state index contributed by atoms with van der Waals surface area (Å²) in [6.07, 6.45) is 1.06. The number of hydrogen-bond donors (Lipinski definition) is 1. The van der Waals surface area contributed by atoms with Crippen LogP contribution in [-0.2, 0) is 9.68 Å². The van der Waals surface area contributed by atoms with Crippen molar-refractivity contribution in [2.24, 2.45) is 5.92 Å². The van der Waals surface area contributed by atoms with Crippen molar-refractivity contribution in [2.45, 2.75) is 26.7 Å². The molecule has 0 saturated heterocycles. The third kappa shape index (κ3) is 8.69. The van der Waals surface area contributed by atoms with Crippen molar-refractivity contribution in [2.75, 3.05) is 0 Å². The Kier molecular flexibility index (Phi) is 10.4. The number of rotatable bonds is 3. The molecule has 0 aromatic carbocycles. The van der Waals surface area contributed by atoms with Crippen molar-refractivity contribution < 1.29 is 14.9 Å². The van der Waals surface area contributed by atoms with Gasteiger partial charge >= 0.3 is 43.7 Å². The summed E-state index contributed by atoms with van der Waals surface area (Å²) in [6.45, 7) is 4.01. The van der Waals surface area contributed by atoms with Crippen molar-refractivity contribution in [3.63, 3.8) is 0 Å². The van der Waals surface area contributed by atoms with Crippen LogP contribution in [0.15, 0.2) is 0 Å². The second-order valence-electron chi connectivity index (χ2n) is 2.40. The second-order valence-corrected chi connectivity index (χ2v) is 2.40. The molecule has 0 fully saturated rings. The van der Waals surface area contributed by atoms with Crippen molar-refractivity contribution in [1.29, 1.82) is 0 Å². The van der Waals surface area contributed by atoms with Gasteiger partial charge in [-0.2, -0.15) is 5.26 Å². The molecule has 0 radical (unpaired) electrons. The molecule has 0 heterocycles. The summed E-state index contributed by atoms with van der Waals surface area (Å²) in [4.78, 5) is 13.7. The quantitative estimate of drug-likeness (QED) is 0.385. The molecular formula is C6H14CaO3. The molecular weight excluding hydrogens is 160 g/mol. The van der Waals surface area contributed by atoms with Gasteiger partial charge in [0.2, 0.25) is 0 Å². The molecule has 3 nitrogen and oxygen atoms in total. The molecule has 0 amide bonds. The van der Waals surface area contributed by atoms with E-state index in [-0.39, 0.29) is 37.7 Å². The maximum atomic E-state index is 10.2. The van der Waals surface area contributed by atoms with Gasteiger partial charge in [-0.25, -0.2) is 4.79 Å². The van der Waals surface area contributed by atoms with E-state index < -0.39 is 5.97 Å². The monoisotopic (exact) mass is 174 g/mol. The van der Waals surface area contributed by atoms with E-state index in [0.29, 0.717) is 12.3 Å². The fourth-order valence-corrected chi connectivity index (χ4v) is 0.452. The third-order valence-electron chi connectivity index (χ3n) is 1.03. The van der Waals surface area contributed by atoms with Gasteiger partial charge in [-0.1, -0.05) is 13.8 Å². The average Bonchev–Trinajstić information content (AvgIpc) is 1.83. The first-order chi connectivity index (χ1) is 4.16. The van der Waals surface area contributed by atoms with Gasteiger partial charge in [0.1, 0.15) is 0 Å². The Hall–Kier alpha value is 0.690. The minimum atomic E-state index is -0.552. The molecule has 1 N–H and O–H groups in total. The first-order valence-electron chi connectivity index (χ1n) is 3.01. The van der Waals surface area contributed by atoms with Crippen LogP contribution < -0.4 is 0 Å². The molecule has 58 valence electrons. The SMILES string of the molecule is CC(C)CCC(=O)OO.[CaH2]. The predicted molar refractivity (Wildman–Crippen MR) is 41.3 cm³/mol. The van der Waals surface area contributed by atoms with Crippen LogP contribution in [0.25, 0.3) is 0 Å². The fraction of sp³-hybridized carbons (Fsp3) is 0.833. The molecule has 10 heavy (non-hydrogen) atoms. The normalized spacial score (nSPS) is 8.80. The molecule has 0 spiro atoms. The Morgan fingerprint density at radius 1 is 1.60 bits per heavy atom. The predicted octanol–water partition coefficient (Wildman–Crippen LogP) is 0.523. The molecule has 4 heteroatoms. The standard InChI is InChI=1S/C6H12O3.Ca.2H/c1-5(2)3-4-6(7)9-8;;;/h5,8H,3-4H2,1-2H3;;;. The molecule has 0 aliphatic rings. The molecule has 0 atom stereocenters. The van der Waals surface area contributed by atoms with E-state index in [1.807, 2.05) is 13.8 Å². The van der Waals surface area contributed by atoms with Gasteiger partial charge in [0.15, 0.2) is 0 Å². The van der Waals surface area contributed by atoms with Crippen LogP contribution in [-0.4, -0.2) is 49.0 Å². The van der Waals surface area contributed by atoms with Crippen molar-refractivity contribution in [3.05, 3.63) is 0 Å². The van der Waals surface area contributed by atoms with Gasteiger partial charge in [-0.05, 0) is 12.3 Å². The van der Waals surface area contributed by atoms with Gasteiger partial charge in [-0.15, -0.1) is 0 Å². The van der Waals surface area contributed by atoms with Crippen LogP contribution in [0.3, 0.4) is 0 Å². The van der Waals surface area contributed by atoms with Crippen LogP contribution >= 0.6 is 0 Å². The number of carbonyl (C=O) groups excluding carboxylic acids is 1. The van der Waals surface area contributed by atoms with E-state index in [1.54, 1.807) is 0 Å². The first kappa shape index (κ1) is 13.3. The zero-order chi connectivity index (χ0) is 7.28. The minimum absolute atomic E-state index is 0. The van der Waals surface area contributed by atoms with Crippen molar-refractivity contribution in [1.82, 2.24) is 0 Å². The van der Waals surface area contributed by atoms with Crippen LogP contribution in [0, 0.1) is 5.92 Å². The summed E-state index contributed by atoms with van der Waals surface area (Å²) in [5.74, 6) is -0.0761. The Bertz CT molecular complexity index is 93.0. The Balaban J connectivity index is 0. The Morgan fingerprint density at radius 2 is 2.10 bits per heavy atom. The van der Waals surface area contributed by atoms with E-state index in [9.17, 15) is 4.79 Å². The summed E-state index contributed by atoms with van der Waals surface area (Å²) in [6, 6.07) is 0. The summed E-state index contributed by atoms with van der Waals surface area (Å²) < 4.78 is 0. The topological polar surface area (TPSA) is 46.5 Å². The van der Waals surface area contributed by atoms with Gasteiger partial charge in [0, 0.05) is 6.42 Å². The van der Waals surface area contributed by atoms with E-state index in [2.05, 4.69) is 4.89 Å². The molecule has 0 aromatic heterocycles. The maximum absolute atomic E-state index is 10.2. The average molecular weight is 174 g/mol. The van der Waals surface area contributed by atoms with E-state index in [4.69, 9.17) is 5.26 Å². The summed E-state index contributed by atoms with van der Waals surface area (Å²) in [7, 11) is 0. The van der Waals surface area contributed by atoms with Gasteiger partial charge in [0.25, 0.3) is 0 Å². The first-order valence-corrected chi connectivity index (χ1v) is 3.01. The molecule has 0 aliphatic carbocycles. The molecule has 0 aliphatic heterocycles. The summed E-state index contributed by atoms with van der Waals surface area (Å²) >= 11 is 0. The van der Waals surface area contributed by atoms with E-state index >= 15 is 0 Å². The molecule has 0 unspecified atom stereocenters. The van der Waals surface area contributed by atoms with Gasteiger partial charge in [0.05, 0.1) is 0 Å². The molecule has 0 saturated carbocycles. The van der Waals surface area contributed by atoms with E-state index in [0.717, 1.165) is 6.42 Å². The van der Waals surface area contributed by atoms with E-state index in [1.165, 1.54) is 0 Å². The zero-order valence-electron chi connectivity index (χ0n) is 5.76. The Labute approximate surface area is 90.7 Å². The van der Waals surface area contributed by atoms with Crippen LogP contribution in [0.4, 0.5) is 0 Å². The van der Waals surface area contributed by atoms with Crippen molar-refractivity contribution in [3.8, 4) is 0 Å². The Morgan fingerprint density at radius 3 is 2.40 bits per heavy atom. The zero-order valence-corrected chi connectivity index (χ0v) is 5.76. The van der Waals surface area contributed by atoms with Crippen LogP contribution in [0.5, 0.6) is 0 Å². The number of carbonyl (C=O) groups is 1. The summed E-state index contributed by atoms with van der Waals surface area (Å²) in [5, 5.41) is 7.80. The molecule has 0 bridgehead atoms. The number of hydrogen-bond acceptors (Lipinski definition) is 3. The molecule has 0 aromatic rings. The molecule has 0 rings (SSSR count). The van der Waals surface area contributed by atoms with Crippen molar-refractivity contribution >= 4 is 43.7 Å².